The molecule has 1 saturated heterocycles. The third kappa shape index (κ3) is 5.05. The zero-order valence-electron chi connectivity index (χ0n) is 15.0. The Morgan fingerprint density at radius 1 is 1.38 bits per heavy atom. The van der Waals surface area contributed by atoms with Crippen molar-refractivity contribution in [2.24, 2.45) is 5.92 Å². The van der Waals surface area contributed by atoms with E-state index in [0.717, 1.165) is 25.9 Å². The fourth-order valence-electron chi connectivity index (χ4n) is 3.36. The Hall–Kier alpha value is -1.40. The lowest BCUT2D eigenvalue weighted by molar-refractivity contribution is -0.137. The summed E-state index contributed by atoms with van der Waals surface area (Å²) >= 11 is 0. The van der Waals surface area contributed by atoms with E-state index in [1.165, 1.54) is 14.0 Å². The van der Waals surface area contributed by atoms with Crippen LogP contribution in [0.3, 0.4) is 0 Å². The van der Waals surface area contributed by atoms with Crippen molar-refractivity contribution in [1.29, 1.82) is 0 Å². The van der Waals surface area contributed by atoms with Crippen LogP contribution in [0.1, 0.15) is 46.5 Å². The quantitative estimate of drug-likeness (QED) is 0.540. The van der Waals surface area contributed by atoms with Gasteiger partial charge in [-0.3, -0.25) is 4.79 Å². The molecule has 1 fully saturated rings. The number of epoxide rings is 1. The molecule has 1 N–H and O–H groups in total. The number of methoxy groups -OCH3 is 1. The second-order valence-electron chi connectivity index (χ2n) is 6.60. The highest BCUT2D eigenvalue weighted by Gasteiger charge is 2.40. The maximum atomic E-state index is 12.0. The van der Waals surface area contributed by atoms with Gasteiger partial charge in [0, 0.05) is 12.5 Å². The molecule has 0 saturated carbocycles. The van der Waals surface area contributed by atoms with Gasteiger partial charge in [0.1, 0.15) is 0 Å². The lowest BCUT2D eigenvalue weighted by Crippen LogP contribution is -2.51. The summed E-state index contributed by atoms with van der Waals surface area (Å²) in [5, 5.41) is 3.03. The Labute approximate surface area is 143 Å². The van der Waals surface area contributed by atoms with E-state index in [-0.39, 0.29) is 42.1 Å². The van der Waals surface area contributed by atoms with Crippen molar-refractivity contribution in [3.63, 3.8) is 0 Å². The number of hydrogen-bond donors (Lipinski definition) is 1. The number of hydrogen-bond acceptors (Lipinski definition) is 5. The highest BCUT2D eigenvalue weighted by Crippen LogP contribution is 2.34. The van der Waals surface area contributed by atoms with E-state index in [4.69, 9.17) is 14.2 Å². The van der Waals surface area contributed by atoms with Gasteiger partial charge in [-0.15, -0.1) is 0 Å². The molecule has 2 aliphatic rings. The highest BCUT2D eigenvalue weighted by atomic mass is 16.6. The van der Waals surface area contributed by atoms with Crippen LogP contribution in [0.4, 0.5) is 0 Å². The van der Waals surface area contributed by atoms with Gasteiger partial charge in [0.2, 0.25) is 5.91 Å². The zero-order chi connectivity index (χ0) is 17.7. The van der Waals surface area contributed by atoms with Crippen molar-refractivity contribution in [3.05, 3.63) is 11.6 Å². The Bertz CT molecular complexity index is 482. The largest absolute Gasteiger partial charge is 0.466 e. The summed E-state index contributed by atoms with van der Waals surface area (Å²) in [5.41, 5.74) is 0.626. The van der Waals surface area contributed by atoms with Gasteiger partial charge in [0.25, 0.3) is 0 Å². The number of ether oxygens (including phenoxy) is 3. The Kier molecular flexibility index (Phi) is 6.80. The maximum absolute atomic E-state index is 12.0. The van der Waals surface area contributed by atoms with Crippen molar-refractivity contribution >= 4 is 11.9 Å². The van der Waals surface area contributed by atoms with E-state index >= 15 is 0 Å². The Morgan fingerprint density at radius 2 is 2.04 bits per heavy atom. The van der Waals surface area contributed by atoms with Crippen LogP contribution >= 0.6 is 0 Å². The molecule has 4 atom stereocenters. The number of nitrogens with one attached hydrogen (secondary N) is 1. The average molecular weight is 339 g/mol. The molecular formula is C18H29NO5. The molecule has 1 unspecified atom stereocenters. The maximum Gasteiger partial charge on any atom is 0.333 e. The third-order valence-corrected chi connectivity index (χ3v) is 4.76. The van der Waals surface area contributed by atoms with E-state index in [9.17, 15) is 9.59 Å². The topological polar surface area (TPSA) is 77.2 Å². The van der Waals surface area contributed by atoms with Crippen LogP contribution in [0.15, 0.2) is 11.6 Å². The first-order chi connectivity index (χ1) is 11.5. The lowest BCUT2D eigenvalue weighted by atomic mass is 9.79. The van der Waals surface area contributed by atoms with Crippen LogP contribution in [0.5, 0.6) is 0 Å². The summed E-state index contributed by atoms with van der Waals surface area (Å²) in [5.74, 6) is -0.314. The first kappa shape index (κ1) is 18.9. The number of carbonyl (C=O) groups is 2. The van der Waals surface area contributed by atoms with E-state index < -0.39 is 0 Å². The molecule has 1 aliphatic carbocycles. The molecular weight excluding hydrogens is 310 g/mol. The van der Waals surface area contributed by atoms with Crippen LogP contribution in [0, 0.1) is 5.92 Å². The fourth-order valence-corrected chi connectivity index (χ4v) is 3.36. The van der Waals surface area contributed by atoms with Crippen LogP contribution < -0.4 is 5.32 Å². The van der Waals surface area contributed by atoms with Crippen molar-refractivity contribution < 1.29 is 23.8 Å². The molecule has 1 amide bonds. The Morgan fingerprint density at radius 3 is 2.54 bits per heavy atom. The minimum absolute atomic E-state index is 0.0882. The van der Waals surface area contributed by atoms with Gasteiger partial charge in [0.05, 0.1) is 38.1 Å². The molecule has 6 nitrogen and oxygen atoms in total. The van der Waals surface area contributed by atoms with Gasteiger partial charge in [-0.2, -0.15) is 0 Å². The molecule has 2 rings (SSSR count). The number of rotatable bonds is 8. The van der Waals surface area contributed by atoms with Gasteiger partial charge in [-0.05, 0) is 37.7 Å². The number of esters is 1. The van der Waals surface area contributed by atoms with E-state index in [0.29, 0.717) is 12.0 Å². The monoisotopic (exact) mass is 339 g/mol. The minimum Gasteiger partial charge on any atom is -0.466 e. The first-order valence-corrected chi connectivity index (χ1v) is 8.81. The van der Waals surface area contributed by atoms with Crippen LogP contribution in [0.25, 0.3) is 0 Å². The standard InChI is InChI=1S/C18H29NO5/c1-5-14(6-2)24-16-9-13(18(21)22-4)7-12(8-15-10-23-15)17(16)19-11(3)20/h9,12,14-17H,5-8,10H2,1-4H3,(H,19,20)/t12-,15?,16-,17-/m1/s1. The molecule has 24 heavy (non-hydrogen) atoms. The zero-order valence-corrected chi connectivity index (χ0v) is 15.0. The predicted molar refractivity (Wildman–Crippen MR) is 89.4 cm³/mol. The van der Waals surface area contributed by atoms with Crippen molar-refractivity contribution in [2.45, 2.75) is 70.8 Å². The predicted octanol–water partition coefficient (Wildman–Crippen LogP) is 1.97. The average Bonchev–Trinajstić information content (AvgIpc) is 3.37. The minimum atomic E-state index is -0.328. The summed E-state index contributed by atoms with van der Waals surface area (Å²) in [6, 6.07) is -0.152. The molecule has 136 valence electrons. The van der Waals surface area contributed by atoms with Crippen molar-refractivity contribution in [3.8, 4) is 0 Å². The second kappa shape index (κ2) is 8.62. The number of amides is 1. The summed E-state index contributed by atoms with van der Waals surface area (Å²) < 4.78 is 16.5. The molecule has 0 bridgehead atoms. The smallest absolute Gasteiger partial charge is 0.333 e. The van der Waals surface area contributed by atoms with E-state index in [1.54, 1.807) is 0 Å². The van der Waals surface area contributed by atoms with Gasteiger partial charge in [-0.25, -0.2) is 4.79 Å². The number of carbonyl (C=O) groups excluding carboxylic acids is 2. The molecule has 1 heterocycles. The molecule has 6 heteroatoms. The lowest BCUT2D eigenvalue weighted by Gasteiger charge is -2.38. The van der Waals surface area contributed by atoms with Crippen molar-refractivity contribution in [2.75, 3.05) is 13.7 Å². The summed E-state index contributed by atoms with van der Waals surface area (Å²) in [6.45, 7) is 6.41. The van der Waals surface area contributed by atoms with E-state index in [1.807, 2.05) is 6.08 Å². The van der Waals surface area contributed by atoms with Crippen LogP contribution in [0.2, 0.25) is 0 Å². The molecule has 0 radical (unpaired) electrons. The molecule has 1 aliphatic heterocycles. The van der Waals surface area contributed by atoms with Gasteiger partial charge in [-0.1, -0.05) is 13.8 Å². The van der Waals surface area contributed by atoms with Crippen molar-refractivity contribution in [1.82, 2.24) is 5.32 Å². The van der Waals surface area contributed by atoms with Crippen LogP contribution in [-0.4, -0.2) is 49.9 Å². The molecule has 0 aromatic carbocycles. The Balaban J connectivity index is 2.25. The van der Waals surface area contributed by atoms with Gasteiger partial charge < -0.3 is 19.5 Å². The summed E-state index contributed by atoms with van der Waals surface area (Å²) in [7, 11) is 1.39. The summed E-state index contributed by atoms with van der Waals surface area (Å²) in [6.07, 6.45) is 4.96. The SMILES string of the molecule is CCC(CC)O[C@@H]1C=C(C(=O)OC)C[C@H](CC2CO2)[C@H]1NC(C)=O. The molecule has 0 aromatic rings. The van der Waals surface area contributed by atoms with Crippen LogP contribution in [-0.2, 0) is 23.8 Å². The normalized spacial score (nSPS) is 29.1. The second-order valence-corrected chi connectivity index (χ2v) is 6.60. The third-order valence-electron chi connectivity index (χ3n) is 4.76. The fraction of sp³-hybridized carbons (Fsp3) is 0.778. The van der Waals surface area contributed by atoms with Gasteiger partial charge >= 0.3 is 5.97 Å². The first-order valence-electron chi connectivity index (χ1n) is 8.81. The summed E-state index contributed by atoms with van der Waals surface area (Å²) in [4.78, 5) is 23.7. The van der Waals surface area contributed by atoms with E-state index in [2.05, 4.69) is 19.2 Å². The van der Waals surface area contributed by atoms with Gasteiger partial charge in [0.15, 0.2) is 0 Å². The highest BCUT2D eigenvalue weighted by molar-refractivity contribution is 5.88. The molecule has 0 spiro atoms. The molecule has 0 aromatic heterocycles.